The van der Waals surface area contributed by atoms with Crippen molar-refractivity contribution in [2.75, 3.05) is 13.1 Å². The van der Waals surface area contributed by atoms with Crippen molar-refractivity contribution in [2.45, 2.75) is 12.5 Å². The molecular formula is C14H13BrN2O2S. The van der Waals surface area contributed by atoms with Gasteiger partial charge >= 0.3 is 0 Å². The van der Waals surface area contributed by atoms with Gasteiger partial charge in [-0.3, -0.25) is 4.79 Å². The fourth-order valence-electron chi connectivity index (χ4n) is 2.22. The SMILES string of the molecule is O=C(c1cccc(Br)c1)N1CCC(Oc2nccs2)C1. The average Bonchev–Trinajstić information content (AvgIpc) is 3.10. The van der Waals surface area contributed by atoms with Crippen LogP contribution in [0.2, 0.25) is 0 Å². The predicted octanol–water partition coefficient (Wildman–Crippen LogP) is 3.20. The van der Waals surface area contributed by atoms with Gasteiger partial charge in [-0.05, 0) is 18.2 Å². The van der Waals surface area contributed by atoms with Crippen LogP contribution in [0.25, 0.3) is 0 Å². The van der Waals surface area contributed by atoms with Crippen LogP contribution in [0.5, 0.6) is 5.19 Å². The van der Waals surface area contributed by atoms with Gasteiger partial charge in [-0.2, -0.15) is 0 Å². The maximum atomic E-state index is 12.4. The minimum Gasteiger partial charge on any atom is -0.465 e. The van der Waals surface area contributed by atoms with E-state index in [2.05, 4.69) is 20.9 Å². The lowest BCUT2D eigenvalue weighted by molar-refractivity contribution is 0.0772. The molecule has 0 saturated carbocycles. The molecule has 1 aromatic heterocycles. The third-order valence-electron chi connectivity index (χ3n) is 3.18. The Kier molecular flexibility index (Phi) is 4.03. The van der Waals surface area contributed by atoms with Crippen molar-refractivity contribution in [3.8, 4) is 5.19 Å². The first-order valence-corrected chi connectivity index (χ1v) is 8.00. The Balaban J connectivity index is 1.63. The molecule has 20 heavy (non-hydrogen) atoms. The lowest BCUT2D eigenvalue weighted by atomic mass is 10.2. The standard InChI is InChI=1S/C14H13BrN2O2S/c15-11-3-1-2-10(8-11)13(18)17-6-4-12(9-17)19-14-16-5-7-20-14/h1-3,5,7-8,12H,4,6,9H2. The maximum absolute atomic E-state index is 12.4. The van der Waals surface area contributed by atoms with Gasteiger partial charge in [0.2, 0.25) is 0 Å². The van der Waals surface area contributed by atoms with Crippen LogP contribution in [0.1, 0.15) is 16.8 Å². The molecule has 1 aliphatic heterocycles. The number of rotatable bonds is 3. The lowest BCUT2D eigenvalue weighted by Crippen LogP contribution is -2.30. The molecule has 1 aliphatic rings. The van der Waals surface area contributed by atoms with Gasteiger partial charge in [0, 0.05) is 34.6 Å². The molecule has 0 aliphatic carbocycles. The van der Waals surface area contributed by atoms with E-state index >= 15 is 0 Å². The summed E-state index contributed by atoms with van der Waals surface area (Å²) in [6, 6.07) is 7.46. The summed E-state index contributed by atoms with van der Waals surface area (Å²) in [5.41, 5.74) is 0.703. The van der Waals surface area contributed by atoms with E-state index in [-0.39, 0.29) is 12.0 Å². The molecule has 2 aromatic rings. The summed E-state index contributed by atoms with van der Waals surface area (Å²) in [5, 5.41) is 2.56. The summed E-state index contributed by atoms with van der Waals surface area (Å²) in [6.45, 7) is 1.34. The van der Waals surface area contributed by atoms with Gasteiger partial charge in [-0.25, -0.2) is 4.98 Å². The molecule has 0 spiro atoms. The van der Waals surface area contributed by atoms with E-state index in [0.29, 0.717) is 17.3 Å². The predicted molar refractivity (Wildman–Crippen MR) is 81.2 cm³/mol. The Hall–Kier alpha value is -1.40. The van der Waals surface area contributed by atoms with Gasteiger partial charge in [0.05, 0.1) is 6.54 Å². The number of carbonyl (C=O) groups is 1. The number of likely N-dealkylation sites (tertiary alicyclic amines) is 1. The number of nitrogens with zero attached hydrogens (tertiary/aromatic N) is 2. The van der Waals surface area contributed by atoms with Crippen LogP contribution >= 0.6 is 27.3 Å². The first-order chi connectivity index (χ1) is 9.72. The zero-order valence-electron chi connectivity index (χ0n) is 10.7. The molecule has 2 heterocycles. The average molecular weight is 353 g/mol. The van der Waals surface area contributed by atoms with Crippen LogP contribution < -0.4 is 4.74 Å². The number of benzene rings is 1. The van der Waals surface area contributed by atoms with Gasteiger partial charge in [0.1, 0.15) is 6.10 Å². The van der Waals surface area contributed by atoms with Crippen molar-refractivity contribution in [1.82, 2.24) is 9.88 Å². The minimum absolute atomic E-state index is 0.0391. The summed E-state index contributed by atoms with van der Waals surface area (Å²) in [6.07, 6.45) is 2.61. The van der Waals surface area contributed by atoms with E-state index < -0.39 is 0 Å². The Morgan fingerprint density at radius 3 is 3.15 bits per heavy atom. The van der Waals surface area contributed by atoms with Crippen LogP contribution in [0.4, 0.5) is 0 Å². The van der Waals surface area contributed by atoms with Gasteiger partial charge < -0.3 is 9.64 Å². The third-order valence-corrected chi connectivity index (χ3v) is 4.34. The number of hydrogen-bond acceptors (Lipinski definition) is 4. The molecular weight excluding hydrogens is 340 g/mol. The minimum atomic E-state index is 0.0391. The molecule has 6 heteroatoms. The second-order valence-corrected chi connectivity index (χ2v) is 6.36. The molecule has 0 radical (unpaired) electrons. The molecule has 1 amide bonds. The van der Waals surface area contributed by atoms with Gasteiger partial charge in [-0.15, -0.1) is 0 Å². The quantitative estimate of drug-likeness (QED) is 0.851. The molecule has 3 rings (SSSR count). The van der Waals surface area contributed by atoms with Crippen molar-refractivity contribution >= 4 is 33.2 Å². The third kappa shape index (κ3) is 3.02. The van der Waals surface area contributed by atoms with Crippen molar-refractivity contribution < 1.29 is 9.53 Å². The first kappa shape index (κ1) is 13.6. The fraction of sp³-hybridized carbons (Fsp3) is 0.286. The molecule has 1 unspecified atom stereocenters. The van der Waals surface area contributed by atoms with E-state index in [9.17, 15) is 4.79 Å². The van der Waals surface area contributed by atoms with Crippen LogP contribution in [0.3, 0.4) is 0 Å². The number of ether oxygens (including phenoxy) is 1. The molecule has 1 fully saturated rings. The molecule has 4 nitrogen and oxygen atoms in total. The summed E-state index contributed by atoms with van der Waals surface area (Å²) in [7, 11) is 0. The molecule has 0 N–H and O–H groups in total. The number of amides is 1. The van der Waals surface area contributed by atoms with Gasteiger partial charge in [-0.1, -0.05) is 33.3 Å². The first-order valence-electron chi connectivity index (χ1n) is 6.33. The van der Waals surface area contributed by atoms with Crippen LogP contribution in [-0.2, 0) is 0 Å². The summed E-state index contributed by atoms with van der Waals surface area (Å²) in [4.78, 5) is 18.3. The Bertz CT molecular complexity index is 603. The number of aromatic nitrogens is 1. The van der Waals surface area contributed by atoms with Crippen LogP contribution in [0, 0.1) is 0 Å². The highest BCUT2D eigenvalue weighted by atomic mass is 79.9. The fourth-order valence-corrected chi connectivity index (χ4v) is 3.17. The van der Waals surface area contributed by atoms with E-state index in [4.69, 9.17) is 4.74 Å². The highest BCUT2D eigenvalue weighted by Crippen LogP contribution is 2.22. The van der Waals surface area contributed by atoms with Crippen molar-refractivity contribution in [3.63, 3.8) is 0 Å². The number of thiazole rings is 1. The monoisotopic (exact) mass is 352 g/mol. The Morgan fingerprint density at radius 2 is 2.40 bits per heavy atom. The topological polar surface area (TPSA) is 42.4 Å². The molecule has 1 aromatic carbocycles. The van der Waals surface area contributed by atoms with E-state index in [1.807, 2.05) is 34.5 Å². The van der Waals surface area contributed by atoms with E-state index in [1.54, 1.807) is 6.20 Å². The number of hydrogen-bond donors (Lipinski definition) is 0. The highest BCUT2D eigenvalue weighted by molar-refractivity contribution is 9.10. The second-order valence-electron chi connectivity index (χ2n) is 4.59. The summed E-state index contributed by atoms with van der Waals surface area (Å²) in [5.74, 6) is 0.0524. The lowest BCUT2D eigenvalue weighted by Gasteiger charge is -2.16. The zero-order valence-corrected chi connectivity index (χ0v) is 13.1. The molecule has 0 bridgehead atoms. The zero-order chi connectivity index (χ0) is 13.9. The Morgan fingerprint density at radius 1 is 1.50 bits per heavy atom. The van der Waals surface area contributed by atoms with Crippen LogP contribution in [-0.4, -0.2) is 35.0 Å². The van der Waals surface area contributed by atoms with Crippen molar-refractivity contribution in [2.24, 2.45) is 0 Å². The highest BCUT2D eigenvalue weighted by Gasteiger charge is 2.28. The molecule has 104 valence electrons. The number of halogens is 1. The smallest absolute Gasteiger partial charge is 0.273 e. The van der Waals surface area contributed by atoms with E-state index in [0.717, 1.165) is 17.4 Å². The maximum Gasteiger partial charge on any atom is 0.273 e. The Labute approximate surface area is 129 Å². The van der Waals surface area contributed by atoms with Crippen LogP contribution in [0.15, 0.2) is 40.3 Å². The summed E-state index contributed by atoms with van der Waals surface area (Å²) >= 11 is 4.86. The van der Waals surface area contributed by atoms with Crippen molar-refractivity contribution in [3.05, 3.63) is 45.9 Å². The normalized spacial score (nSPS) is 18.2. The largest absolute Gasteiger partial charge is 0.465 e. The van der Waals surface area contributed by atoms with Crippen molar-refractivity contribution in [1.29, 1.82) is 0 Å². The summed E-state index contributed by atoms with van der Waals surface area (Å²) < 4.78 is 6.67. The number of carbonyl (C=O) groups excluding carboxylic acids is 1. The van der Waals surface area contributed by atoms with Gasteiger partial charge in [0.25, 0.3) is 11.1 Å². The molecule has 1 saturated heterocycles. The molecule has 1 atom stereocenters. The van der Waals surface area contributed by atoms with Gasteiger partial charge in [0.15, 0.2) is 0 Å². The second kappa shape index (κ2) is 5.93. The van der Waals surface area contributed by atoms with E-state index in [1.165, 1.54) is 11.3 Å².